The normalized spacial score (nSPS) is 27.3. The molecule has 0 aliphatic carbocycles. The van der Waals surface area contributed by atoms with Crippen LogP contribution in [0.3, 0.4) is 0 Å². The van der Waals surface area contributed by atoms with Crippen LogP contribution in [-0.2, 0) is 10.0 Å². The summed E-state index contributed by atoms with van der Waals surface area (Å²) in [4.78, 5) is 0.342. The van der Waals surface area contributed by atoms with Crippen molar-refractivity contribution in [3.63, 3.8) is 0 Å². The van der Waals surface area contributed by atoms with Gasteiger partial charge in [-0.3, -0.25) is 0 Å². The standard InChI is InChI=1S/C17H26N2O3S/c1-3-10-22-16-6-8-17(9-7-16)23(20,21)19(2)15-11-13-4-5-14(12-15)18-13/h6-9,13-15,18H,3-5,10-12H2,1-2H3. The molecule has 0 amide bonds. The summed E-state index contributed by atoms with van der Waals surface area (Å²) < 4.78 is 32.8. The molecule has 2 fully saturated rings. The highest BCUT2D eigenvalue weighted by Crippen LogP contribution is 2.31. The second-order valence-corrected chi connectivity index (χ2v) is 8.60. The van der Waals surface area contributed by atoms with Gasteiger partial charge in [-0.2, -0.15) is 4.31 Å². The van der Waals surface area contributed by atoms with Crippen molar-refractivity contribution in [2.45, 2.75) is 62.0 Å². The van der Waals surface area contributed by atoms with E-state index >= 15 is 0 Å². The number of piperidine rings is 1. The Kier molecular flexibility index (Phi) is 4.94. The number of sulfonamides is 1. The first-order valence-electron chi connectivity index (χ1n) is 8.47. The maximum absolute atomic E-state index is 12.9. The predicted octanol–water partition coefficient (Wildman–Crippen LogP) is 2.38. The molecule has 0 saturated carbocycles. The number of nitrogens with one attached hydrogen (secondary N) is 1. The molecule has 6 heteroatoms. The van der Waals surface area contributed by atoms with Crippen LogP contribution in [0.5, 0.6) is 5.75 Å². The van der Waals surface area contributed by atoms with E-state index in [0.717, 1.165) is 19.3 Å². The molecule has 2 bridgehead atoms. The highest BCUT2D eigenvalue weighted by atomic mass is 32.2. The second kappa shape index (κ2) is 6.79. The highest BCUT2D eigenvalue weighted by Gasteiger charge is 2.38. The van der Waals surface area contributed by atoms with Crippen molar-refractivity contribution < 1.29 is 13.2 Å². The number of fused-ring (bicyclic) bond motifs is 2. The number of nitrogens with zero attached hydrogens (tertiary/aromatic N) is 1. The molecule has 128 valence electrons. The van der Waals surface area contributed by atoms with Gasteiger partial charge in [-0.05, 0) is 56.4 Å². The Bertz CT molecular complexity index is 618. The van der Waals surface area contributed by atoms with E-state index in [0.29, 0.717) is 29.3 Å². The van der Waals surface area contributed by atoms with Crippen LogP contribution < -0.4 is 10.1 Å². The monoisotopic (exact) mass is 338 g/mol. The van der Waals surface area contributed by atoms with Crippen molar-refractivity contribution >= 4 is 10.0 Å². The largest absolute Gasteiger partial charge is 0.494 e. The van der Waals surface area contributed by atoms with Crippen LogP contribution >= 0.6 is 0 Å². The second-order valence-electron chi connectivity index (χ2n) is 6.60. The molecular formula is C17H26N2O3S. The molecule has 2 atom stereocenters. The molecule has 2 heterocycles. The predicted molar refractivity (Wildman–Crippen MR) is 90.1 cm³/mol. The van der Waals surface area contributed by atoms with Gasteiger partial charge in [-0.25, -0.2) is 8.42 Å². The van der Waals surface area contributed by atoms with E-state index in [2.05, 4.69) is 5.32 Å². The minimum Gasteiger partial charge on any atom is -0.494 e. The van der Waals surface area contributed by atoms with Crippen LogP contribution in [0.4, 0.5) is 0 Å². The van der Waals surface area contributed by atoms with Gasteiger partial charge in [0, 0.05) is 25.2 Å². The lowest BCUT2D eigenvalue weighted by molar-refractivity contribution is 0.251. The number of benzene rings is 1. The fraction of sp³-hybridized carbons (Fsp3) is 0.647. The van der Waals surface area contributed by atoms with E-state index in [-0.39, 0.29) is 6.04 Å². The average molecular weight is 338 g/mol. The number of hydrogen-bond donors (Lipinski definition) is 1. The maximum Gasteiger partial charge on any atom is 0.243 e. The maximum atomic E-state index is 12.9. The summed E-state index contributed by atoms with van der Waals surface area (Å²) in [5.74, 6) is 0.716. The molecule has 3 rings (SSSR count). The SMILES string of the molecule is CCCOc1ccc(S(=O)(=O)N(C)C2CC3CCC(C2)N3)cc1. The van der Waals surface area contributed by atoms with E-state index in [1.54, 1.807) is 35.6 Å². The summed E-state index contributed by atoms with van der Waals surface area (Å²) in [6.07, 6.45) is 5.08. The Labute approximate surface area is 139 Å². The number of hydrogen-bond acceptors (Lipinski definition) is 4. The van der Waals surface area contributed by atoms with Crippen LogP contribution in [0.1, 0.15) is 39.0 Å². The number of rotatable bonds is 6. The zero-order chi connectivity index (χ0) is 16.4. The van der Waals surface area contributed by atoms with Gasteiger partial charge in [-0.15, -0.1) is 0 Å². The molecule has 1 N–H and O–H groups in total. The molecule has 2 saturated heterocycles. The summed E-state index contributed by atoms with van der Waals surface area (Å²) in [7, 11) is -1.73. The van der Waals surface area contributed by atoms with Gasteiger partial charge in [0.25, 0.3) is 0 Å². The smallest absolute Gasteiger partial charge is 0.243 e. The van der Waals surface area contributed by atoms with Crippen molar-refractivity contribution in [2.75, 3.05) is 13.7 Å². The van der Waals surface area contributed by atoms with Gasteiger partial charge in [0.15, 0.2) is 0 Å². The first-order chi connectivity index (χ1) is 11.0. The molecule has 23 heavy (non-hydrogen) atoms. The highest BCUT2D eigenvalue weighted by molar-refractivity contribution is 7.89. The van der Waals surface area contributed by atoms with Crippen LogP contribution in [0.15, 0.2) is 29.2 Å². The van der Waals surface area contributed by atoms with Crippen molar-refractivity contribution in [1.29, 1.82) is 0 Å². The van der Waals surface area contributed by atoms with Gasteiger partial charge >= 0.3 is 0 Å². The summed E-state index contributed by atoms with van der Waals surface area (Å²) >= 11 is 0. The van der Waals surface area contributed by atoms with Gasteiger partial charge in [0.2, 0.25) is 10.0 Å². The first-order valence-corrected chi connectivity index (χ1v) is 9.91. The lowest BCUT2D eigenvalue weighted by Crippen LogP contribution is -2.48. The lowest BCUT2D eigenvalue weighted by atomic mass is 10.0. The van der Waals surface area contributed by atoms with E-state index < -0.39 is 10.0 Å². The zero-order valence-corrected chi connectivity index (χ0v) is 14.7. The van der Waals surface area contributed by atoms with E-state index in [1.165, 1.54) is 12.8 Å². The quantitative estimate of drug-likeness (QED) is 0.865. The Balaban J connectivity index is 1.72. The van der Waals surface area contributed by atoms with Crippen molar-refractivity contribution in [3.05, 3.63) is 24.3 Å². The van der Waals surface area contributed by atoms with Crippen molar-refractivity contribution in [2.24, 2.45) is 0 Å². The van der Waals surface area contributed by atoms with Crippen molar-refractivity contribution in [3.8, 4) is 5.75 Å². The Hall–Kier alpha value is -1.11. The number of ether oxygens (including phenoxy) is 1. The van der Waals surface area contributed by atoms with E-state index in [4.69, 9.17) is 4.74 Å². The minimum absolute atomic E-state index is 0.0924. The minimum atomic E-state index is -3.44. The third-order valence-corrected chi connectivity index (χ3v) is 6.86. The molecule has 5 nitrogen and oxygen atoms in total. The van der Waals surface area contributed by atoms with Gasteiger partial charge < -0.3 is 10.1 Å². The Morgan fingerprint density at radius 1 is 1.17 bits per heavy atom. The summed E-state index contributed by atoms with van der Waals surface area (Å²) in [5.41, 5.74) is 0. The van der Waals surface area contributed by atoms with Gasteiger partial charge in [-0.1, -0.05) is 6.92 Å². The van der Waals surface area contributed by atoms with Crippen LogP contribution in [0.25, 0.3) is 0 Å². The zero-order valence-electron chi connectivity index (χ0n) is 13.9. The third kappa shape index (κ3) is 3.54. The van der Waals surface area contributed by atoms with E-state index in [9.17, 15) is 8.42 Å². The molecule has 1 aromatic rings. The van der Waals surface area contributed by atoms with Gasteiger partial charge in [0.1, 0.15) is 5.75 Å². The van der Waals surface area contributed by atoms with Crippen LogP contribution in [0, 0.1) is 0 Å². The molecule has 1 aromatic carbocycles. The summed E-state index contributed by atoms with van der Waals surface area (Å²) in [6.45, 7) is 2.68. The first kappa shape index (κ1) is 16.7. The van der Waals surface area contributed by atoms with Crippen LogP contribution in [0.2, 0.25) is 0 Å². The topological polar surface area (TPSA) is 58.6 Å². The molecule has 0 aromatic heterocycles. The van der Waals surface area contributed by atoms with E-state index in [1.807, 2.05) is 6.92 Å². The third-order valence-electron chi connectivity index (χ3n) is 4.94. The Morgan fingerprint density at radius 3 is 2.35 bits per heavy atom. The van der Waals surface area contributed by atoms with Gasteiger partial charge in [0.05, 0.1) is 11.5 Å². The lowest BCUT2D eigenvalue weighted by Gasteiger charge is -2.34. The van der Waals surface area contributed by atoms with Crippen molar-refractivity contribution in [1.82, 2.24) is 9.62 Å². The summed E-state index contributed by atoms with van der Waals surface area (Å²) in [5, 5.41) is 3.56. The molecule has 2 aliphatic heterocycles. The molecule has 2 aliphatic rings. The Morgan fingerprint density at radius 2 is 1.78 bits per heavy atom. The molecular weight excluding hydrogens is 312 g/mol. The average Bonchev–Trinajstić information content (AvgIpc) is 2.90. The molecule has 2 unspecified atom stereocenters. The molecule has 0 spiro atoms. The fourth-order valence-corrected chi connectivity index (χ4v) is 4.99. The molecule has 0 radical (unpaired) electrons. The van der Waals surface area contributed by atoms with Crippen LogP contribution in [-0.4, -0.2) is 44.5 Å². The fourth-order valence-electron chi connectivity index (χ4n) is 3.61. The summed E-state index contributed by atoms with van der Waals surface area (Å²) in [6, 6.07) is 7.81.